The van der Waals surface area contributed by atoms with Crippen molar-refractivity contribution in [2.45, 2.75) is 30.0 Å². The Morgan fingerprint density at radius 2 is 2.15 bits per heavy atom. The highest BCUT2D eigenvalue weighted by molar-refractivity contribution is 8.01. The first kappa shape index (κ1) is 13.3. The van der Waals surface area contributed by atoms with Gasteiger partial charge in [0.1, 0.15) is 11.5 Å². The predicted octanol–water partition coefficient (Wildman–Crippen LogP) is 3.26. The second-order valence-electron chi connectivity index (χ2n) is 5.12. The summed E-state index contributed by atoms with van der Waals surface area (Å²) < 4.78 is 5.53. The number of carbonyl (C=O) groups is 1. The van der Waals surface area contributed by atoms with Gasteiger partial charge in [0.15, 0.2) is 0 Å². The van der Waals surface area contributed by atoms with Crippen LogP contribution in [-0.2, 0) is 17.8 Å². The van der Waals surface area contributed by atoms with Crippen LogP contribution in [0.2, 0.25) is 0 Å². The van der Waals surface area contributed by atoms with E-state index in [0.29, 0.717) is 6.54 Å². The third-order valence-corrected chi connectivity index (χ3v) is 4.79. The van der Waals surface area contributed by atoms with Crippen LogP contribution in [0.15, 0.2) is 45.7 Å². The molecule has 0 saturated heterocycles. The highest BCUT2D eigenvalue weighted by atomic mass is 32.2. The second kappa shape index (κ2) is 5.37. The van der Waals surface area contributed by atoms with Crippen LogP contribution in [0.4, 0.5) is 0 Å². The quantitative estimate of drug-likeness (QED) is 0.869. The van der Waals surface area contributed by atoms with Gasteiger partial charge < -0.3 is 9.32 Å². The van der Waals surface area contributed by atoms with E-state index in [1.54, 1.807) is 16.7 Å². The molecule has 1 amide bonds. The number of thioether (sulfide) groups is 1. The summed E-state index contributed by atoms with van der Waals surface area (Å²) in [5, 5.41) is -0.00606. The lowest BCUT2D eigenvalue weighted by Crippen LogP contribution is -2.34. The van der Waals surface area contributed by atoms with Crippen LogP contribution in [0, 0.1) is 6.92 Å². The van der Waals surface area contributed by atoms with Gasteiger partial charge in [-0.2, -0.15) is 0 Å². The van der Waals surface area contributed by atoms with Crippen LogP contribution in [0.25, 0.3) is 0 Å². The summed E-state index contributed by atoms with van der Waals surface area (Å²) in [6, 6.07) is 12.1. The number of furan rings is 1. The molecule has 0 N–H and O–H groups in total. The molecule has 1 aromatic carbocycles. The first-order valence-corrected chi connectivity index (χ1v) is 7.56. The van der Waals surface area contributed by atoms with Crippen molar-refractivity contribution in [3.05, 3.63) is 53.5 Å². The summed E-state index contributed by atoms with van der Waals surface area (Å²) in [4.78, 5) is 15.5. The Bertz CT molecular complexity index is 610. The van der Waals surface area contributed by atoms with Crippen LogP contribution in [0.3, 0.4) is 0 Å². The van der Waals surface area contributed by atoms with Crippen molar-refractivity contribution >= 4 is 17.7 Å². The van der Waals surface area contributed by atoms with E-state index in [2.05, 4.69) is 12.1 Å². The number of rotatable bonds is 3. The third kappa shape index (κ3) is 2.61. The molecule has 1 aromatic heterocycles. The molecule has 0 fully saturated rings. The van der Waals surface area contributed by atoms with Gasteiger partial charge in [-0.3, -0.25) is 4.79 Å². The van der Waals surface area contributed by atoms with Gasteiger partial charge in [-0.1, -0.05) is 18.2 Å². The van der Waals surface area contributed by atoms with E-state index < -0.39 is 0 Å². The fourth-order valence-corrected chi connectivity index (χ4v) is 3.76. The van der Waals surface area contributed by atoms with E-state index in [1.165, 1.54) is 10.5 Å². The Morgan fingerprint density at radius 1 is 1.35 bits per heavy atom. The van der Waals surface area contributed by atoms with E-state index in [1.807, 2.05) is 38.2 Å². The number of amides is 1. The van der Waals surface area contributed by atoms with Gasteiger partial charge in [-0.15, -0.1) is 11.8 Å². The molecule has 0 spiro atoms. The highest BCUT2D eigenvalue weighted by Crippen LogP contribution is 2.37. The fourth-order valence-electron chi connectivity index (χ4n) is 2.45. The van der Waals surface area contributed by atoms with Gasteiger partial charge in [0.05, 0.1) is 11.8 Å². The highest BCUT2D eigenvalue weighted by Gasteiger charge is 2.30. The predicted molar refractivity (Wildman–Crippen MR) is 79.7 cm³/mol. The van der Waals surface area contributed by atoms with Crippen molar-refractivity contribution in [2.75, 3.05) is 7.05 Å². The van der Waals surface area contributed by atoms with Crippen LogP contribution in [0.1, 0.15) is 17.1 Å². The lowest BCUT2D eigenvalue weighted by molar-refractivity contribution is -0.130. The van der Waals surface area contributed by atoms with Gasteiger partial charge in [0.25, 0.3) is 0 Å². The van der Waals surface area contributed by atoms with Crippen molar-refractivity contribution in [1.82, 2.24) is 4.90 Å². The molecule has 4 heteroatoms. The minimum absolute atomic E-state index is 0.00606. The van der Waals surface area contributed by atoms with Crippen molar-refractivity contribution in [3.8, 4) is 0 Å². The van der Waals surface area contributed by atoms with Gasteiger partial charge >= 0.3 is 0 Å². The van der Waals surface area contributed by atoms with E-state index in [0.717, 1.165) is 17.9 Å². The lowest BCUT2D eigenvalue weighted by atomic mass is 10.1. The zero-order valence-corrected chi connectivity index (χ0v) is 12.4. The summed E-state index contributed by atoms with van der Waals surface area (Å²) in [5.74, 6) is 1.88. The van der Waals surface area contributed by atoms with Crippen molar-refractivity contribution < 1.29 is 9.21 Å². The molecule has 1 aliphatic heterocycles. The molecule has 1 unspecified atom stereocenters. The number of aryl methyl sites for hydroxylation is 1. The maximum atomic E-state index is 12.5. The summed E-state index contributed by atoms with van der Waals surface area (Å²) >= 11 is 1.67. The summed E-state index contributed by atoms with van der Waals surface area (Å²) in [6.45, 7) is 2.44. The van der Waals surface area contributed by atoms with Crippen molar-refractivity contribution in [1.29, 1.82) is 0 Å². The Kier molecular flexibility index (Phi) is 3.57. The van der Waals surface area contributed by atoms with Crippen LogP contribution >= 0.6 is 11.8 Å². The van der Waals surface area contributed by atoms with Gasteiger partial charge in [-0.05, 0) is 37.1 Å². The zero-order chi connectivity index (χ0) is 14.1. The average Bonchev–Trinajstić information content (AvgIpc) is 3.03. The van der Waals surface area contributed by atoms with Crippen LogP contribution in [0.5, 0.6) is 0 Å². The van der Waals surface area contributed by atoms with E-state index in [4.69, 9.17) is 4.42 Å². The first-order valence-electron chi connectivity index (χ1n) is 6.68. The zero-order valence-electron chi connectivity index (χ0n) is 11.6. The van der Waals surface area contributed by atoms with E-state index in [9.17, 15) is 4.79 Å². The molecule has 0 aliphatic carbocycles. The van der Waals surface area contributed by atoms with Gasteiger partial charge in [0.2, 0.25) is 5.91 Å². The molecule has 0 saturated carbocycles. The summed E-state index contributed by atoms with van der Waals surface area (Å²) in [7, 11) is 1.84. The molecule has 3 nitrogen and oxygen atoms in total. The molecule has 0 radical (unpaired) electrons. The van der Waals surface area contributed by atoms with Gasteiger partial charge in [0, 0.05) is 11.9 Å². The lowest BCUT2D eigenvalue weighted by Gasteiger charge is -2.19. The Balaban J connectivity index is 1.65. The molecule has 20 heavy (non-hydrogen) atoms. The number of benzene rings is 1. The molecule has 0 bridgehead atoms. The molecule has 2 heterocycles. The van der Waals surface area contributed by atoms with E-state index in [-0.39, 0.29) is 11.2 Å². The number of carbonyl (C=O) groups excluding carboxylic acids is 1. The Hall–Kier alpha value is -1.68. The standard InChI is InChI=1S/C16H17NO2S/c1-11-7-8-13(19-11)10-17(2)16(18)15-9-12-5-3-4-6-14(12)20-15/h3-8,15H,9-10H2,1-2H3. The summed E-state index contributed by atoms with van der Waals surface area (Å²) in [6.07, 6.45) is 0.821. The molecule has 2 aromatic rings. The molecular weight excluding hydrogens is 270 g/mol. The van der Waals surface area contributed by atoms with Crippen molar-refractivity contribution in [2.24, 2.45) is 0 Å². The Morgan fingerprint density at radius 3 is 2.85 bits per heavy atom. The number of fused-ring (bicyclic) bond motifs is 1. The monoisotopic (exact) mass is 287 g/mol. The smallest absolute Gasteiger partial charge is 0.236 e. The minimum atomic E-state index is -0.00606. The molecular formula is C16H17NO2S. The average molecular weight is 287 g/mol. The second-order valence-corrected chi connectivity index (χ2v) is 6.37. The topological polar surface area (TPSA) is 33.5 Å². The fraction of sp³-hybridized carbons (Fsp3) is 0.312. The van der Waals surface area contributed by atoms with Gasteiger partial charge in [-0.25, -0.2) is 0 Å². The minimum Gasteiger partial charge on any atom is -0.464 e. The SMILES string of the molecule is Cc1ccc(CN(C)C(=O)C2Cc3ccccc3S2)o1. The first-order chi connectivity index (χ1) is 9.63. The van der Waals surface area contributed by atoms with E-state index >= 15 is 0 Å². The van der Waals surface area contributed by atoms with Crippen LogP contribution in [-0.4, -0.2) is 23.1 Å². The maximum absolute atomic E-state index is 12.5. The third-order valence-electron chi connectivity index (χ3n) is 3.49. The molecule has 3 rings (SSSR count). The molecule has 1 atom stereocenters. The maximum Gasteiger partial charge on any atom is 0.236 e. The number of hydrogen-bond donors (Lipinski definition) is 0. The van der Waals surface area contributed by atoms with Crippen LogP contribution < -0.4 is 0 Å². The normalized spacial score (nSPS) is 17.0. The van der Waals surface area contributed by atoms with Crippen molar-refractivity contribution in [3.63, 3.8) is 0 Å². The number of nitrogens with zero attached hydrogens (tertiary/aromatic N) is 1. The summed E-state index contributed by atoms with van der Waals surface area (Å²) in [5.41, 5.74) is 1.28. The molecule has 104 valence electrons. The number of hydrogen-bond acceptors (Lipinski definition) is 3. The largest absolute Gasteiger partial charge is 0.464 e. The Labute approximate surface area is 123 Å². The molecule has 1 aliphatic rings.